The van der Waals surface area contributed by atoms with Crippen molar-refractivity contribution in [1.29, 1.82) is 0 Å². The highest BCUT2D eigenvalue weighted by molar-refractivity contribution is 5.65. The first-order valence-corrected chi connectivity index (χ1v) is 7.03. The maximum absolute atomic E-state index is 14.1. The number of rotatable bonds is 5. The van der Waals surface area contributed by atoms with Crippen LogP contribution >= 0.6 is 0 Å². The molecule has 0 heterocycles. The molecule has 1 saturated carbocycles. The molecule has 110 valence electrons. The van der Waals surface area contributed by atoms with Crippen molar-refractivity contribution in [3.05, 3.63) is 53.6 Å². The van der Waals surface area contributed by atoms with Gasteiger partial charge in [-0.15, -0.1) is 0 Å². The lowest BCUT2D eigenvalue weighted by Gasteiger charge is -2.09. The molecule has 2 nitrogen and oxygen atoms in total. The molecule has 0 aromatic heterocycles. The second-order valence-electron chi connectivity index (χ2n) is 5.31. The summed E-state index contributed by atoms with van der Waals surface area (Å²) in [6.07, 6.45) is 2.34. The maximum atomic E-state index is 14.1. The highest BCUT2D eigenvalue weighted by Gasteiger charge is 2.20. The molecule has 0 aliphatic heterocycles. The summed E-state index contributed by atoms with van der Waals surface area (Å²) in [7, 11) is 1.42. The van der Waals surface area contributed by atoms with Crippen LogP contribution in [0.15, 0.2) is 36.4 Å². The fraction of sp³-hybridized carbons (Fsp3) is 0.294. The van der Waals surface area contributed by atoms with Crippen LogP contribution in [-0.4, -0.2) is 13.2 Å². The summed E-state index contributed by atoms with van der Waals surface area (Å²) < 4.78 is 32.7. The number of nitrogens with one attached hydrogen (secondary N) is 1. The van der Waals surface area contributed by atoms with Crippen LogP contribution in [0, 0.1) is 11.6 Å². The highest BCUT2D eigenvalue weighted by Crippen LogP contribution is 2.27. The highest BCUT2D eigenvalue weighted by atomic mass is 19.1. The Hall–Kier alpha value is -1.94. The summed E-state index contributed by atoms with van der Waals surface area (Å²) in [5.74, 6) is -0.531. The lowest BCUT2D eigenvalue weighted by atomic mass is 10.0. The minimum Gasteiger partial charge on any atom is -0.494 e. The minimum atomic E-state index is -0.449. The molecule has 0 atom stereocenters. The van der Waals surface area contributed by atoms with E-state index in [9.17, 15) is 8.78 Å². The summed E-state index contributed by atoms with van der Waals surface area (Å²) in [5, 5.41) is 3.28. The lowest BCUT2D eigenvalue weighted by Crippen LogP contribution is -2.16. The fourth-order valence-electron chi connectivity index (χ4n) is 2.26. The molecule has 1 aliphatic rings. The molecule has 21 heavy (non-hydrogen) atoms. The van der Waals surface area contributed by atoms with Gasteiger partial charge in [0.1, 0.15) is 5.82 Å². The monoisotopic (exact) mass is 289 g/mol. The average molecular weight is 289 g/mol. The second kappa shape index (κ2) is 5.82. The molecule has 0 unspecified atom stereocenters. The van der Waals surface area contributed by atoms with E-state index in [2.05, 4.69) is 5.32 Å². The summed E-state index contributed by atoms with van der Waals surface area (Å²) in [6, 6.07) is 10.2. The van der Waals surface area contributed by atoms with E-state index in [4.69, 9.17) is 4.74 Å². The van der Waals surface area contributed by atoms with Gasteiger partial charge in [-0.25, -0.2) is 8.78 Å². The van der Waals surface area contributed by atoms with E-state index in [1.54, 1.807) is 18.2 Å². The zero-order chi connectivity index (χ0) is 14.8. The number of ether oxygens (including phenoxy) is 1. The molecule has 4 heteroatoms. The number of methoxy groups -OCH3 is 1. The van der Waals surface area contributed by atoms with Gasteiger partial charge in [-0.3, -0.25) is 0 Å². The first-order valence-electron chi connectivity index (χ1n) is 7.03. The van der Waals surface area contributed by atoms with Crippen LogP contribution in [0.2, 0.25) is 0 Å². The van der Waals surface area contributed by atoms with Crippen LogP contribution < -0.4 is 10.1 Å². The molecular formula is C17H17F2NO. The van der Waals surface area contributed by atoms with E-state index in [1.165, 1.54) is 32.1 Å². The Balaban J connectivity index is 1.81. The van der Waals surface area contributed by atoms with Gasteiger partial charge in [0.15, 0.2) is 11.6 Å². The fourth-order valence-corrected chi connectivity index (χ4v) is 2.26. The molecule has 1 aliphatic carbocycles. The standard InChI is InChI=1S/C17H17F2NO/c1-21-17-7-4-12(9-16(17)19)11-2-3-13(15(18)8-11)10-20-14-5-6-14/h2-4,7-9,14,20H,5-6,10H2,1H3. The Morgan fingerprint density at radius 3 is 2.29 bits per heavy atom. The van der Waals surface area contributed by atoms with Gasteiger partial charge in [0.25, 0.3) is 0 Å². The van der Waals surface area contributed by atoms with Crippen LogP contribution in [0.3, 0.4) is 0 Å². The van der Waals surface area contributed by atoms with Crippen molar-refractivity contribution < 1.29 is 13.5 Å². The van der Waals surface area contributed by atoms with E-state index in [0.29, 0.717) is 29.3 Å². The second-order valence-corrected chi connectivity index (χ2v) is 5.31. The molecule has 1 N–H and O–H groups in total. The molecule has 0 bridgehead atoms. The van der Waals surface area contributed by atoms with Gasteiger partial charge < -0.3 is 10.1 Å². The number of hydrogen-bond acceptors (Lipinski definition) is 2. The molecule has 0 spiro atoms. The predicted molar refractivity (Wildman–Crippen MR) is 78.2 cm³/mol. The Kier molecular flexibility index (Phi) is 3.88. The van der Waals surface area contributed by atoms with E-state index in [0.717, 1.165) is 0 Å². The van der Waals surface area contributed by atoms with Crippen molar-refractivity contribution in [2.75, 3.05) is 7.11 Å². The lowest BCUT2D eigenvalue weighted by molar-refractivity contribution is 0.386. The molecule has 3 rings (SSSR count). The van der Waals surface area contributed by atoms with E-state index in [-0.39, 0.29) is 11.6 Å². The zero-order valence-corrected chi connectivity index (χ0v) is 11.8. The van der Waals surface area contributed by atoms with Crippen LogP contribution in [0.25, 0.3) is 11.1 Å². The minimum absolute atomic E-state index is 0.185. The number of halogens is 2. The van der Waals surface area contributed by atoms with E-state index >= 15 is 0 Å². The van der Waals surface area contributed by atoms with Crippen molar-refractivity contribution in [3.63, 3.8) is 0 Å². The van der Waals surface area contributed by atoms with E-state index < -0.39 is 5.82 Å². The normalized spacial score (nSPS) is 14.2. The smallest absolute Gasteiger partial charge is 0.165 e. The third-order valence-electron chi connectivity index (χ3n) is 3.70. The Morgan fingerprint density at radius 1 is 1.05 bits per heavy atom. The molecule has 2 aromatic rings. The van der Waals surface area contributed by atoms with Gasteiger partial charge in [0, 0.05) is 18.2 Å². The van der Waals surface area contributed by atoms with Crippen molar-refractivity contribution in [1.82, 2.24) is 5.32 Å². The van der Waals surface area contributed by atoms with Gasteiger partial charge in [0.05, 0.1) is 7.11 Å². The summed E-state index contributed by atoms with van der Waals surface area (Å²) >= 11 is 0. The molecule has 0 saturated heterocycles. The summed E-state index contributed by atoms with van der Waals surface area (Å²) in [5.41, 5.74) is 1.93. The Labute approximate surface area is 122 Å². The summed E-state index contributed by atoms with van der Waals surface area (Å²) in [4.78, 5) is 0. The van der Waals surface area contributed by atoms with Crippen molar-refractivity contribution in [2.45, 2.75) is 25.4 Å². The predicted octanol–water partition coefficient (Wildman–Crippen LogP) is 3.89. The quantitative estimate of drug-likeness (QED) is 0.901. The average Bonchev–Trinajstić information content (AvgIpc) is 3.30. The SMILES string of the molecule is COc1ccc(-c2ccc(CNC3CC3)c(F)c2)cc1F. The molecule has 2 aromatic carbocycles. The number of benzene rings is 2. The van der Waals surface area contributed by atoms with Crippen molar-refractivity contribution in [2.24, 2.45) is 0 Å². The van der Waals surface area contributed by atoms with Gasteiger partial charge in [0.2, 0.25) is 0 Å². The van der Waals surface area contributed by atoms with Crippen LogP contribution in [0.5, 0.6) is 5.75 Å². The number of hydrogen-bond donors (Lipinski definition) is 1. The first kappa shape index (κ1) is 14.0. The van der Waals surface area contributed by atoms with Crippen molar-refractivity contribution >= 4 is 0 Å². The first-order chi connectivity index (χ1) is 10.2. The Bertz CT molecular complexity index is 653. The van der Waals surface area contributed by atoms with Gasteiger partial charge in [-0.1, -0.05) is 18.2 Å². The zero-order valence-electron chi connectivity index (χ0n) is 11.8. The van der Waals surface area contributed by atoms with Crippen LogP contribution in [0.4, 0.5) is 8.78 Å². The topological polar surface area (TPSA) is 21.3 Å². The van der Waals surface area contributed by atoms with E-state index in [1.807, 2.05) is 6.07 Å². The third kappa shape index (κ3) is 3.22. The van der Waals surface area contributed by atoms with Gasteiger partial charge in [-0.2, -0.15) is 0 Å². The largest absolute Gasteiger partial charge is 0.494 e. The molecular weight excluding hydrogens is 272 g/mol. The molecule has 0 radical (unpaired) electrons. The van der Waals surface area contributed by atoms with Crippen LogP contribution in [0.1, 0.15) is 18.4 Å². The Morgan fingerprint density at radius 2 is 1.71 bits per heavy atom. The third-order valence-corrected chi connectivity index (χ3v) is 3.70. The summed E-state index contributed by atoms with van der Waals surface area (Å²) in [6.45, 7) is 0.535. The van der Waals surface area contributed by atoms with Crippen LogP contribution in [-0.2, 0) is 6.54 Å². The van der Waals surface area contributed by atoms with Gasteiger partial charge in [-0.05, 0) is 42.2 Å². The molecule has 1 fully saturated rings. The van der Waals surface area contributed by atoms with Gasteiger partial charge >= 0.3 is 0 Å². The van der Waals surface area contributed by atoms with Crippen molar-refractivity contribution in [3.8, 4) is 16.9 Å². The maximum Gasteiger partial charge on any atom is 0.165 e. The molecule has 0 amide bonds.